The number of anilines is 3. The lowest BCUT2D eigenvalue weighted by Gasteiger charge is -2.26. The first-order chi connectivity index (χ1) is 23.0. The fraction of sp³-hybridized carbons (Fsp3) is 0.0667. The predicted octanol–water partition coefficient (Wildman–Crippen LogP) is 12.3. The van der Waals surface area contributed by atoms with E-state index in [1.807, 2.05) is 18.2 Å². The molecule has 47 heavy (non-hydrogen) atoms. The van der Waals surface area contributed by atoms with Gasteiger partial charge in [0.15, 0.2) is 0 Å². The van der Waals surface area contributed by atoms with E-state index in [1.54, 1.807) is 7.11 Å². The van der Waals surface area contributed by atoms with Crippen molar-refractivity contribution in [2.24, 2.45) is 0 Å². The van der Waals surface area contributed by atoms with Gasteiger partial charge in [0.25, 0.3) is 0 Å². The van der Waals surface area contributed by atoms with Gasteiger partial charge in [-0.05, 0) is 95.8 Å². The molecule has 2 nitrogen and oxygen atoms in total. The first-order valence-corrected chi connectivity index (χ1v) is 15.9. The summed E-state index contributed by atoms with van der Waals surface area (Å²) in [6, 6.07) is 51.4. The highest BCUT2D eigenvalue weighted by Crippen LogP contribution is 2.35. The van der Waals surface area contributed by atoms with Gasteiger partial charge in [0.05, 0.1) is 7.11 Å². The average Bonchev–Trinajstić information content (AvgIpc) is 3.11. The Hall–Kier alpha value is -5.86. The molecule has 0 fully saturated rings. The Morgan fingerprint density at radius 2 is 0.723 bits per heavy atom. The number of hydrogen-bond donors (Lipinski definition) is 0. The fourth-order valence-corrected chi connectivity index (χ4v) is 5.52. The van der Waals surface area contributed by atoms with Gasteiger partial charge in [-0.25, -0.2) is 0 Å². The lowest BCUT2D eigenvalue weighted by atomic mass is 10.1. The Bertz CT molecular complexity index is 1910. The molecule has 0 saturated heterocycles. The van der Waals surface area contributed by atoms with Crippen LogP contribution in [0.5, 0.6) is 5.75 Å². The van der Waals surface area contributed by atoms with Crippen LogP contribution in [0.1, 0.15) is 44.5 Å². The van der Waals surface area contributed by atoms with Gasteiger partial charge in [-0.1, -0.05) is 145 Å². The molecule has 0 heterocycles. The quantitative estimate of drug-likeness (QED) is 0.143. The minimum absolute atomic E-state index is 0.853. The third kappa shape index (κ3) is 8.45. The summed E-state index contributed by atoms with van der Waals surface area (Å²) >= 11 is 0. The molecule has 2 heteroatoms. The molecule has 0 radical (unpaired) electrons. The summed E-state index contributed by atoms with van der Waals surface area (Å²) in [6.07, 6.45) is 12.9. The summed E-state index contributed by atoms with van der Waals surface area (Å²) in [7, 11) is 1.69. The number of aryl methyl sites for hydroxylation is 2. The van der Waals surface area contributed by atoms with E-state index < -0.39 is 0 Å². The van der Waals surface area contributed by atoms with Crippen LogP contribution in [0.15, 0.2) is 146 Å². The molecule has 0 N–H and O–H groups in total. The van der Waals surface area contributed by atoms with Gasteiger partial charge in [-0.2, -0.15) is 0 Å². The summed E-state index contributed by atoms with van der Waals surface area (Å²) in [5.41, 5.74) is 12.8. The zero-order valence-electron chi connectivity index (χ0n) is 27.2. The summed E-state index contributed by atoms with van der Waals surface area (Å²) in [5, 5.41) is 0. The van der Waals surface area contributed by atoms with Crippen LogP contribution in [0.25, 0.3) is 36.5 Å². The Labute approximate surface area is 279 Å². The number of rotatable bonds is 10. The molecule has 0 aromatic heterocycles. The van der Waals surface area contributed by atoms with Gasteiger partial charge in [0, 0.05) is 17.1 Å². The normalized spacial score (nSPS) is 11.5. The molecule has 0 atom stereocenters. The van der Waals surface area contributed by atoms with Gasteiger partial charge in [-0.3, -0.25) is 0 Å². The molecule has 230 valence electrons. The Balaban J connectivity index is 1.27. The van der Waals surface area contributed by atoms with Crippen LogP contribution in [-0.2, 0) is 0 Å². The van der Waals surface area contributed by atoms with E-state index in [-0.39, 0.29) is 0 Å². The minimum Gasteiger partial charge on any atom is -0.497 e. The largest absolute Gasteiger partial charge is 0.497 e. The van der Waals surface area contributed by atoms with E-state index in [0.29, 0.717) is 0 Å². The van der Waals surface area contributed by atoms with Crippen LogP contribution in [0.4, 0.5) is 17.1 Å². The Morgan fingerprint density at radius 3 is 1.09 bits per heavy atom. The van der Waals surface area contributed by atoms with Crippen molar-refractivity contribution in [2.75, 3.05) is 12.0 Å². The van der Waals surface area contributed by atoms with E-state index >= 15 is 0 Å². The number of benzene rings is 6. The van der Waals surface area contributed by atoms with Crippen molar-refractivity contribution in [3.63, 3.8) is 0 Å². The predicted molar refractivity (Wildman–Crippen MR) is 203 cm³/mol. The van der Waals surface area contributed by atoms with Gasteiger partial charge in [0.1, 0.15) is 5.75 Å². The average molecular weight is 610 g/mol. The second kappa shape index (κ2) is 14.9. The molecule has 0 saturated carbocycles. The van der Waals surface area contributed by atoms with Crippen LogP contribution in [0, 0.1) is 13.8 Å². The van der Waals surface area contributed by atoms with Gasteiger partial charge in [0.2, 0.25) is 0 Å². The molecule has 6 aromatic rings. The highest BCUT2D eigenvalue weighted by molar-refractivity contribution is 5.80. The first kappa shape index (κ1) is 31.1. The number of ether oxygens (including phenoxy) is 1. The molecular formula is C45H39NO. The fourth-order valence-electron chi connectivity index (χ4n) is 5.52. The minimum atomic E-state index is 0.853. The van der Waals surface area contributed by atoms with Crippen LogP contribution >= 0.6 is 0 Å². The van der Waals surface area contributed by atoms with E-state index in [9.17, 15) is 0 Å². The maximum absolute atomic E-state index is 5.38. The summed E-state index contributed by atoms with van der Waals surface area (Å²) in [5.74, 6) is 0.853. The van der Waals surface area contributed by atoms with Crippen molar-refractivity contribution < 1.29 is 4.74 Å². The highest BCUT2D eigenvalue weighted by Gasteiger charge is 2.12. The first-order valence-electron chi connectivity index (χ1n) is 15.9. The monoisotopic (exact) mass is 609 g/mol. The zero-order chi connectivity index (χ0) is 32.4. The van der Waals surface area contributed by atoms with Crippen molar-refractivity contribution >= 4 is 53.5 Å². The van der Waals surface area contributed by atoms with Crippen LogP contribution < -0.4 is 9.64 Å². The van der Waals surface area contributed by atoms with Gasteiger partial charge < -0.3 is 9.64 Å². The zero-order valence-corrected chi connectivity index (χ0v) is 27.2. The van der Waals surface area contributed by atoms with Gasteiger partial charge >= 0.3 is 0 Å². The molecule has 0 bridgehead atoms. The SMILES string of the molecule is COc1cccc(C=Cc2ccc(N(c3ccc(C=Cc4cccc(C)c4)cc3)c3ccc(C=Cc4cccc(C)c4)cc3)cc2)c1. The van der Waals surface area contributed by atoms with Crippen LogP contribution in [0.2, 0.25) is 0 Å². The molecule has 0 amide bonds. The smallest absolute Gasteiger partial charge is 0.119 e. The summed E-state index contributed by atoms with van der Waals surface area (Å²) in [4.78, 5) is 2.30. The highest BCUT2D eigenvalue weighted by atomic mass is 16.5. The number of hydrogen-bond acceptors (Lipinski definition) is 2. The molecular weight excluding hydrogens is 571 g/mol. The summed E-state index contributed by atoms with van der Waals surface area (Å²) in [6.45, 7) is 4.24. The Morgan fingerprint density at radius 1 is 0.383 bits per heavy atom. The second-order valence-electron chi connectivity index (χ2n) is 11.7. The van der Waals surface area contributed by atoms with Crippen molar-refractivity contribution in [3.05, 3.63) is 190 Å². The van der Waals surface area contributed by atoms with Crippen LogP contribution in [-0.4, -0.2) is 7.11 Å². The molecule has 6 rings (SSSR count). The van der Waals surface area contributed by atoms with Gasteiger partial charge in [-0.15, -0.1) is 0 Å². The second-order valence-corrected chi connectivity index (χ2v) is 11.7. The van der Waals surface area contributed by atoms with Crippen molar-refractivity contribution in [3.8, 4) is 5.75 Å². The molecule has 0 spiro atoms. The van der Waals surface area contributed by atoms with E-state index in [4.69, 9.17) is 4.74 Å². The maximum Gasteiger partial charge on any atom is 0.119 e. The molecule has 6 aromatic carbocycles. The number of nitrogens with zero attached hydrogens (tertiary/aromatic N) is 1. The molecule has 0 unspecified atom stereocenters. The van der Waals surface area contributed by atoms with E-state index in [1.165, 1.54) is 22.3 Å². The lowest BCUT2D eigenvalue weighted by molar-refractivity contribution is 0.414. The van der Waals surface area contributed by atoms with Crippen molar-refractivity contribution in [1.82, 2.24) is 0 Å². The molecule has 0 aliphatic carbocycles. The van der Waals surface area contributed by atoms with Crippen molar-refractivity contribution in [2.45, 2.75) is 13.8 Å². The number of methoxy groups -OCH3 is 1. The summed E-state index contributed by atoms with van der Waals surface area (Å²) < 4.78 is 5.38. The standard InChI is InChI=1S/C45H39NO/c1-34-7-4-9-39(31-34)16-13-36-19-25-42(26-20-36)46(43-27-21-37(22-28-43)14-17-40-10-5-8-35(2)32-40)44-29-23-38(24-30-44)15-18-41-11-6-12-45(33-41)47-3/h4-33H,1-3H3. The van der Waals surface area contributed by atoms with E-state index in [0.717, 1.165) is 45.1 Å². The third-order valence-corrected chi connectivity index (χ3v) is 8.04. The van der Waals surface area contributed by atoms with E-state index in [2.05, 4.69) is 183 Å². The molecule has 0 aliphatic heterocycles. The molecule has 0 aliphatic rings. The topological polar surface area (TPSA) is 12.5 Å². The van der Waals surface area contributed by atoms with Crippen molar-refractivity contribution in [1.29, 1.82) is 0 Å². The lowest BCUT2D eigenvalue weighted by Crippen LogP contribution is -2.09. The third-order valence-electron chi connectivity index (χ3n) is 8.04. The Kier molecular flexibility index (Phi) is 9.90. The maximum atomic E-state index is 5.38. The van der Waals surface area contributed by atoms with Crippen LogP contribution in [0.3, 0.4) is 0 Å².